The Morgan fingerprint density at radius 3 is 1.81 bits per heavy atom. The van der Waals surface area contributed by atoms with E-state index < -0.39 is 0 Å². The molecular formula is C51H56N5Pt-3. The smallest absolute Gasteiger partial charge is 0.0763 e. The number of anilines is 3. The van der Waals surface area contributed by atoms with Gasteiger partial charge in [0.1, 0.15) is 0 Å². The van der Waals surface area contributed by atoms with Crippen LogP contribution >= 0.6 is 0 Å². The van der Waals surface area contributed by atoms with Gasteiger partial charge in [0.25, 0.3) is 0 Å². The quantitative estimate of drug-likeness (QED) is 0.165. The Labute approximate surface area is 355 Å². The number of hydrogen-bond acceptors (Lipinski definition) is 3. The minimum absolute atomic E-state index is 0. The van der Waals surface area contributed by atoms with Crippen LogP contribution in [0.15, 0.2) is 97.1 Å². The molecule has 1 aliphatic rings. The molecule has 2 aromatic heterocycles. The van der Waals surface area contributed by atoms with Crippen molar-refractivity contribution in [3.8, 4) is 22.5 Å². The van der Waals surface area contributed by atoms with E-state index in [1.54, 1.807) is 0 Å². The van der Waals surface area contributed by atoms with Crippen LogP contribution in [0.2, 0.25) is 0 Å². The first-order valence-corrected chi connectivity index (χ1v) is 20.0. The van der Waals surface area contributed by atoms with Gasteiger partial charge in [0, 0.05) is 54.4 Å². The molecule has 1 aliphatic heterocycles. The number of hydrogen-bond donors (Lipinski definition) is 0. The Balaban J connectivity index is 0.00000496. The molecule has 5 aromatic carbocycles. The minimum Gasteiger partial charge on any atom is -0.504 e. The van der Waals surface area contributed by atoms with Crippen LogP contribution in [0.5, 0.6) is 0 Å². The number of nitrogens with zero attached hydrogens (tertiary/aromatic N) is 5. The number of fused-ring (bicyclic) bond motifs is 4. The molecule has 7 aromatic rings. The molecule has 0 spiro atoms. The van der Waals surface area contributed by atoms with E-state index in [2.05, 4.69) is 225 Å². The van der Waals surface area contributed by atoms with E-state index in [0.29, 0.717) is 0 Å². The molecule has 0 unspecified atom stereocenters. The molecule has 3 heterocycles. The largest absolute Gasteiger partial charge is 0.504 e. The standard InChI is InChI=1S/C51H56N5.Pt/c1-48(2,3)34-27-33(28-35(29-34)49(4,5)6)45-46(50(7,8)9)52-56(47(45)51(10,11)12)38-25-26-40-39-21-14-15-22-41(39)55(44(40)31-38)37-20-18-19-36(30-37)54-32-53(13)42-23-16-17-24-43(42)54;/h14-29,32H,1-13H3;/q-3;. The van der Waals surface area contributed by atoms with Crippen molar-refractivity contribution in [3.63, 3.8) is 0 Å². The van der Waals surface area contributed by atoms with Crippen LogP contribution in [0, 0.1) is 18.8 Å². The van der Waals surface area contributed by atoms with Crippen molar-refractivity contribution in [1.82, 2.24) is 14.3 Å². The Kier molecular flexibility index (Phi) is 10.0. The van der Waals surface area contributed by atoms with E-state index in [1.165, 1.54) is 39.0 Å². The fraction of sp³-hybridized carbons (Fsp3) is 0.333. The van der Waals surface area contributed by atoms with E-state index in [0.717, 1.165) is 44.9 Å². The summed E-state index contributed by atoms with van der Waals surface area (Å²) in [5, 5.41) is 7.92. The van der Waals surface area contributed by atoms with Crippen molar-refractivity contribution >= 4 is 38.9 Å². The van der Waals surface area contributed by atoms with Crippen LogP contribution in [0.25, 0.3) is 44.3 Å². The molecule has 0 radical (unpaired) electrons. The van der Waals surface area contributed by atoms with Gasteiger partial charge in [-0.3, -0.25) is 4.68 Å². The number of aromatic nitrogens is 3. The van der Waals surface area contributed by atoms with Crippen molar-refractivity contribution in [2.24, 2.45) is 0 Å². The summed E-state index contributed by atoms with van der Waals surface area (Å²) in [6, 6.07) is 43.0. The summed E-state index contributed by atoms with van der Waals surface area (Å²) in [5.74, 6) is 0. The van der Waals surface area contributed by atoms with Gasteiger partial charge in [-0.2, -0.15) is 23.9 Å². The van der Waals surface area contributed by atoms with Gasteiger partial charge in [-0.15, -0.1) is 41.4 Å². The van der Waals surface area contributed by atoms with Gasteiger partial charge in [-0.1, -0.05) is 143 Å². The summed E-state index contributed by atoms with van der Waals surface area (Å²) in [6.45, 7) is 29.8. The molecule has 0 saturated heterocycles. The fourth-order valence-corrected chi connectivity index (χ4v) is 8.15. The zero-order valence-electron chi connectivity index (χ0n) is 35.9. The SMILES string of the molecule is CN1[CH-]N(c2[c-]c(-n3c4[c-]c(-n5nc(C(C)(C)C)c(-c6cc(C(C)(C)C)cc(C(C)(C)C)c6)c5C(C)(C)C)ccc4c4ccccc43)ccc2)c2ccccc21.[Pt]. The number of rotatable bonds is 4. The summed E-state index contributed by atoms with van der Waals surface area (Å²) >= 11 is 0. The van der Waals surface area contributed by atoms with Crippen LogP contribution in [0.4, 0.5) is 17.1 Å². The van der Waals surface area contributed by atoms with Crippen molar-refractivity contribution in [1.29, 1.82) is 0 Å². The zero-order chi connectivity index (χ0) is 40.1. The maximum atomic E-state index is 5.59. The molecule has 0 atom stereocenters. The van der Waals surface area contributed by atoms with Gasteiger partial charge in [0.05, 0.1) is 11.4 Å². The Morgan fingerprint density at radius 1 is 0.561 bits per heavy atom. The third-order valence-corrected chi connectivity index (χ3v) is 11.1. The minimum atomic E-state index is -0.237. The molecule has 0 aliphatic carbocycles. The second-order valence-corrected chi connectivity index (χ2v) is 19.7. The van der Waals surface area contributed by atoms with Gasteiger partial charge in [-0.05, 0) is 63.8 Å². The molecule has 0 fully saturated rings. The maximum absolute atomic E-state index is 5.59. The van der Waals surface area contributed by atoms with E-state index >= 15 is 0 Å². The summed E-state index contributed by atoms with van der Waals surface area (Å²) in [7, 11) is 2.09. The van der Waals surface area contributed by atoms with E-state index in [-0.39, 0.29) is 42.7 Å². The molecule has 57 heavy (non-hydrogen) atoms. The molecular weight excluding hydrogens is 878 g/mol. The molecule has 0 N–H and O–H groups in total. The van der Waals surface area contributed by atoms with Crippen LogP contribution < -0.4 is 9.80 Å². The molecule has 6 heteroatoms. The average Bonchev–Trinajstić information content (AvgIpc) is 3.81. The summed E-state index contributed by atoms with van der Waals surface area (Å²) in [4.78, 5) is 4.38. The second-order valence-electron chi connectivity index (χ2n) is 19.7. The first-order chi connectivity index (χ1) is 26.2. The average molecular weight is 934 g/mol. The Bertz CT molecular complexity index is 2600. The third-order valence-electron chi connectivity index (χ3n) is 11.1. The first-order valence-electron chi connectivity index (χ1n) is 20.0. The van der Waals surface area contributed by atoms with Crippen molar-refractivity contribution in [2.45, 2.75) is 105 Å². The van der Waals surface area contributed by atoms with Crippen molar-refractivity contribution in [2.75, 3.05) is 16.8 Å². The van der Waals surface area contributed by atoms with Crippen molar-refractivity contribution in [3.05, 3.63) is 138 Å². The fourth-order valence-electron chi connectivity index (χ4n) is 8.15. The first kappa shape index (κ1) is 40.6. The normalized spacial score (nSPS) is 13.8. The predicted octanol–water partition coefficient (Wildman–Crippen LogP) is 13.1. The zero-order valence-corrected chi connectivity index (χ0v) is 38.1. The summed E-state index contributed by atoms with van der Waals surface area (Å²) in [6.07, 6.45) is 0. The van der Waals surface area contributed by atoms with E-state index in [1.807, 2.05) is 0 Å². The molecule has 8 rings (SSSR count). The molecule has 0 amide bonds. The van der Waals surface area contributed by atoms with Crippen LogP contribution in [-0.2, 0) is 42.7 Å². The topological polar surface area (TPSA) is 29.2 Å². The second kappa shape index (κ2) is 14.0. The van der Waals surface area contributed by atoms with Gasteiger partial charge < -0.3 is 14.4 Å². The van der Waals surface area contributed by atoms with E-state index in [9.17, 15) is 0 Å². The Hall–Kier alpha value is -4.60. The van der Waals surface area contributed by atoms with Crippen molar-refractivity contribution < 1.29 is 21.1 Å². The van der Waals surface area contributed by atoms with Crippen LogP contribution in [0.1, 0.15) is 106 Å². The third kappa shape index (κ3) is 7.15. The van der Waals surface area contributed by atoms with Gasteiger partial charge in [-0.25, -0.2) is 0 Å². The number of benzene rings is 5. The molecule has 0 saturated carbocycles. The predicted molar refractivity (Wildman–Crippen MR) is 237 cm³/mol. The van der Waals surface area contributed by atoms with Gasteiger partial charge >= 0.3 is 0 Å². The summed E-state index contributed by atoms with van der Waals surface area (Å²) < 4.78 is 4.52. The van der Waals surface area contributed by atoms with Gasteiger partial charge in [0.15, 0.2) is 0 Å². The molecule has 5 nitrogen and oxygen atoms in total. The van der Waals surface area contributed by atoms with Crippen LogP contribution in [0.3, 0.4) is 0 Å². The van der Waals surface area contributed by atoms with E-state index in [4.69, 9.17) is 5.10 Å². The van der Waals surface area contributed by atoms with Crippen LogP contribution in [-0.4, -0.2) is 21.4 Å². The molecule has 298 valence electrons. The molecule has 0 bridgehead atoms. The maximum Gasteiger partial charge on any atom is 0.0763 e. The summed E-state index contributed by atoms with van der Waals surface area (Å²) in [5.41, 5.74) is 14.2. The number of para-hydroxylation sites is 3. The Morgan fingerprint density at radius 2 is 1.18 bits per heavy atom. The monoisotopic (exact) mass is 933 g/mol. The van der Waals surface area contributed by atoms with Gasteiger partial charge in [0.2, 0.25) is 0 Å².